The molecule has 0 aliphatic heterocycles. The Morgan fingerprint density at radius 2 is 2.08 bits per heavy atom. The second-order valence-corrected chi connectivity index (χ2v) is 4.61. The summed E-state index contributed by atoms with van der Waals surface area (Å²) in [6.07, 6.45) is 0.928. The van der Waals surface area contributed by atoms with E-state index in [1.165, 1.54) is 0 Å². The standard InChI is InChI=1S/C8H15N3S/c1-8(2,3)5-6-9-7(12)11(4)10-6/h5H2,1-4H3,(H,9,10,12). The first-order chi connectivity index (χ1) is 5.38. The average molecular weight is 185 g/mol. The van der Waals surface area contributed by atoms with E-state index < -0.39 is 0 Å². The number of aromatic amines is 1. The van der Waals surface area contributed by atoms with Gasteiger partial charge in [-0.3, -0.25) is 9.78 Å². The van der Waals surface area contributed by atoms with Gasteiger partial charge < -0.3 is 0 Å². The lowest BCUT2D eigenvalue weighted by atomic mass is 9.92. The molecule has 0 amide bonds. The van der Waals surface area contributed by atoms with Crippen LogP contribution < -0.4 is 0 Å². The molecule has 0 aromatic carbocycles. The van der Waals surface area contributed by atoms with Crippen LogP contribution in [-0.4, -0.2) is 14.8 Å². The topological polar surface area (TPSA) is 33.6 Å². The highest BCUT2D eigenvalue weighted by molar-refractivity contribution is 7.71. The summed E-state index contributed by atoms with van der Waals surface area (Å²) in [6, 6.07) is 0. The van der Waals surface area contributed by atoms with Crippen molar-refractivity contribution in [3.8, 4) is 0 Å². The van der Waals surface area contributed by atoms with Crippen LogP contribution in [0, 0.1) is 10.2 Å². The SMILES string of the molecule is Cn1[nH]c(CC(C)(C)C)nc1=S. The predicted molar refractivity (Wildman–Crippen MR) is 51.6 cm³/mol. The summed E-state index contributed by atoms with van der Waals surface area (Å²) in [7, 11) is 1.88. The number of rotatable bonds is 1. The zero-order valence-corrected chi connectivity index (χ0v) is 8.83. The van der Waals surface area contributed by atoms with Gasteiger partial charge in [0.15, 0.2) is 0 Å². The van der Waals surface area contributed by atoms with Crippen molar-refractivity contribution in [1.82, 2.24) is 14.8 Å². The Morgan fingerprint density at radius 1 is 1.50 bits per heavy atom. The van der Waals surface area contributed by atoms with Gasteiger partial charge in [0.1, 0.15) is 5.82 Å². The second kappa shape index (κ2) is 3.01. The molecule has 0 spiro atoms. The van der Waals surface area contributed by atoms with Gasteiger partial charge in [0.05, 0.1) is 0 Å². The summed E-state index contributed by atoms with van der Waals surface area (Å²) >= 11 is 4.98. The normalized spacial score (nSPS) is 12.0. The highest BCUT2D eigenvalue weighted by atomic mass is 32.1. The summed E-state index contributed by atoms with van der Waals surface area (Å²) in [5.41, 5.74) is 0.257. The molecule has 0 aliphatic carbocycles. The fraction of sp³-hybridized carbons (Fsp3) is 0.750. The molecule has 0 atom stereocenters. The van der Waals surface area contributed by atoms with Gasteiger partial charge in [-0.2, -0.15) is 0 Å². The Kier molecular flexibility index (Phi) is 2.37. The molecule has 3 nitrogen and oxygen atoms in total. The molecule has 0 saturated heterocycles. The zero-order valence-electron chi connectivity index (χ0n) is 8.01. The van der Waals surface area contributed by atoms with Crippen molar-refractivity contribution in [2.45, 2.75) is 27.2 Å². The quantitative estimate of drug-likeness (QED) is 0.679. The number of nitrogens with zero attached hydrogens (tertiary/aromatic N) is 2. The monoisotopic (exact) mass is 185 g/mol. The van der Waals surface area contributed by atoms with Gasteiger partial charge in [0, 0.05) is 13.5 Å². The Balaban J connectivity index is 2.85. The summed E-state index contributed by atoms with van der Waals surface area (Å²) in [4.78, 5) is 4.22. The van der Waals surface area contributed by atoms with Crippen molar-refractivity contribution in [2.75, 3.05) is 0 Å². The van der Waals surface area contributed by atoms with E-state index in [4.69, 9.17) is 12.2 Å². The van der Waals surface area contributed by atoms with Crippen molar-refractivity contribution in [3.05, 3.63) is 10.6 Å². The maximum absolute atomic E-state index is 4.98. The molecule has 1 N–H and O–H groups in total. The minimum Gasteiger partial charge on any atom is -0.283 e. The van der Waals surface area contributed by atoms with E-state index >= 15 is 0 Å². The van der Waals surface area contributed by atoms with E-state index in [1.807, 2.05) is 7.05 Å². The number of nitrogens with one attached hydrogen (secondary N) is 1. The number of aromatic nitrogens is 3. The summed E-state index contributed by atoms with van der Waals surface area (Å²) in [5.74, 6) is 0.968. The van der Waals surface area contributed by atoms with E-state index in [1.54, 1.807) is 4.68 Å². The molecule has 0 radical (unpaired) electrons. The van der Waals surface area contributed by atoms with Crippen LogP contribution in [0.3, 0.4) is 0 Å². The van der Waals surface area contributed by atoms with E-state index in [9.17, 15) is 0 Å². The first-order valence-electron chi connectivity index (χ1n) is 4.00. The Labute approximate surface area is 77.8 Å². The van der Waals surface area contributed by atoms with Crippen LogP contribution in [-0.2, 0) is 13.5 Å². The van der Waals surface area contributed by atoms with Crippen molar-refractivity contribution < 1.29 is 0 Å². The molecule has 0 saturated carbocycles. The zero-order chi connectivity index (χ0) is 9.35. The second-order valence-electron chi connectivity index (χ2n) is 4.25. The largest absolute Gasteiger partial charge is 0.283 e. The third-order valence-corrected chi connectivity index (χ3v) is 1.88. The molecule has 12 heavy (non-hydrogen) atoms. The Morgan fingerprint density at radius 3 is 2.42 bits per heavy atom. The summed E-state index contributed by atoms with van der Waals surface area (Å²) in [5, 5.41) is 3.10. The van der Waals surface area contributed by atoms with E-state index in [0.29, 0.717) is 4.77 Å². The molecule has 0 unspecified atom stereocenters. The van der Waals surface area contributed by atoms with Crippen LogP contribution in [0.2, 0.25) is 0 Å². The first-order valence-corrected chi connectivity index (χ1v) is 4.41. The Hall–Kier alpha value is -0.640. The molecule has 0 bridgehead atoms. The number of hydrogen-bond acceptors (Lipinski definition) is 2. The van der Waals surface area contributed by atoms with Crippen molar-refractivity contribution in [1.29, 1.82) is 0 Å². The van der Waals surface area contributed by atoms with Gasteiger partial charge in [0.2, 0.25) is 4.77 Å². The van der Waals surface area contributed by atoms with Crippen molar-refractivity contribution in [3.63, 3.8) is 0 Å². The van der Waals surface area contributed by atoms with Crippen molar-refractivity contribution >= 4 is 12.2 Å². The van der Waals surface area contributed by atoms with Gasteiger partial charge in [0.25, 0.3) is 0 Å². The van der Waals surface area contributed by atoms with Crippen LogP contribution >= 0.6 is 12.2 Å². The smallest absolute Gasteiger partial charge is 0.215 e. The molecule has 4 heteroatoms. The first kappa shape index (κ1) is 9.45. The lowest BCUT2D eigenvalue weighted by Crippen LogP contribution is -2.10. The summed E-state index contributed by atoms with van der Waals surface area (Å²) in [6.45, 7) is 6.54. The van der Waals surface area contributed by atoms with Crippen LogP contribution in [0.5, 0.6) is 0 Å². The third kappa shape index (κ3) is 2.44. The Bertz CT molecular complexity index is 316. The molecule has 0 fully saturated rings. The highest BCUT2D eigenvalue weighted by Gasteiger charge is 2.13. The van der Waals surface area contributed by atoms with Gasteiger partial charge in [-0.25, -0.2) is 4.98 Å². The van der Waals surface area contributed by atoms with Crippen LogP contribution in [0.15, 0.2) is 0 Å². The van der Waals surface area contributed by atoms with Crippen molar-refractivity contribution in [2.24, 2.45) is 12.5 Å². The lowest BCUT2D eigenvalue weighted by Gasteiger charge is -2.15. The summed E-state index contributed by atoms with van der Waals surface area (Å²) < 4.78 is 2.38. The van der Waals surface area contributed by atoms with E-state index in [2.05, 4.69) is 30.9 Å². The molecule has 1 aromatic heterocycles. The maximum Gasteiger partial charge on any atom is 0.215 e. The molecular weight excluding hydrogens is 170 g/mol. The average Bonchev–Trinajstić information content (AvgIpc) is 2.07. The van der Waals surface area contributed by atoms with E-state index in [0.717, 1.165) is 12.2 Å². The number of H-pyrrole nitrogens is 1. The molecule has 1 heterocycles. The minimum absolute atomic E-state index is 0.257. The third-order valence-electron chi connectivity index (χ3n) is 1.51. The molecule has 1 aromatic rings. The minimum atomic E-state index is 0.257. The molecule has 0 aliphatic rings. The number of hydrogen-bond donors (Lipinski definition) is 1. The highest BCUT2D eigenvalue weighted by Crippen LogP contribution is 2.17. The fourth-order valence-electron chi connectivity index (χ4n) is 1.04. The predicted octanol–water partition coefficient (Wildman–Crippen LogP) is 2.07. The van der Waals surface area contributed by atoms with Gasteiger partial charge >= 0.3 is 0 Å². The molecule has 68 valence electrons. The lowest BCUT2D eigenvalue weighted by molar-refractivity contribution is 0.400. The van der Waals surface area contributed by atoms with E-state index in [-0.39, 0.29) is 5.41 Å². The molecule has 1 rings (SSSR count). The van der Waals surface area contributed by atoms with Gasteiger partial charge in [-0.05, 0) is 17.6 Å². The van der Waals surface area contributed by atoms with Crippen LogP contribution in [0.4, 0.5) is 0 Å². The van der Waals surface area contributed by atoms with Gasteiger partial charge in [-0.1, -0.05) is 20.8 Å². The fourth-order valence-corrected chi connectivity index (χ4v) is 1.19. The van der Waals surface area contributed by atoms with Crippen LogP contribution in [0.25, 0.3) is 0 Å². The number of aryl methyl sites for hydroxylation is 1. The van der Waals surface area contributed by atoms with Crippen LogP contribution in [0.1, 0.15) is 26.6 Å². The molecular formula is C8H15N3S. The maximum atomic E-state index is 4.98. The van der Waals surface area contributed by atoms with Gasteiger partial charge in [-0.15, -0.1) is 0 Å².